The zero-order valence-corrected chi connectivity index (χ0v) is 40.9. The maximum Gasteiger partial charge on any atom is 0.410 e. The van der Waals surface area contributed by atoms with E-state index in [1.807, 2.05) is 147 Å². The molecule has 0 radical (unpaired) electrons. The number of hydrogen-bond acceptors (Lipinski definition) is 13. The summed E-state index contributed by atoms with van der Waals surface area (Å²) in [6, 6.07) is 55.8. The van der Waals surface area contributed by atoms with Crippen molar-refractivity contribution in [2.75, 3.05) is 26.4 Å². The molecular formula is C59H61NO13. The molecule has 0 bridgehead atoms. The van der Waals surface area contributed by atoms with Crippen LogP contribution in [-0.2, 0) is 67.1 Å². The molecule has 0 saturated carbocycles. The average molecular weight is 992 g/mol. The first-order chi connectivity index (χ1) is 35.8. The Morgan fingerprint density at radius 3 is 1.67 bits per heavy atom. The number of benzene rings is 6. The van der Waals surface area contributed by atoms with Crippen molar-refractivity contribution in [3.8, 4) is 0 Å². The van der Waals surface area contributed by atoms with E-state index in [-0.39, 0.29) is 46.1 Å². The second-order valence-electron chi connectivity index (χ2n) is 18.4. The fraction of sp³-hybridized carbons (Fsp3) is 0.339. The fourth-order valence-electron chi connectivity index (χ4n) is 9.29. The van der Waals surface area contributed by atoms with Crippen LogP contribution < -0.4 is 0 Å². The van der Waals surface area contributed by atoms with Gasteiger partial charge in [-0.15, -0.1) is 0 Å². The monoisotopic (exact) mass is 991 g/mol. The lowest BCUT2D eigenvalue weighted by molar-refractivity contribution is -0.375. The quantitative estimate of drug-likeness (QED) is 0.0561. The van der Waals surface area contributed by atoms with Crippen LogP contribution in [-0.4, -0.2) is 98.5 Å². The highest BCUT2D eigenvalue weighted by molar-refractivity contribution is 5.90. The van der Waals surface area contributed by atoms with Crippen LogP contribution in [0.1, 0.15) is 63.1 Å². The van der Waals surface area contributed by atoms with Crippen LogP contribution >= 0.6 is 0 Å². The Bertz CT molecular complexity index is 2630. The Hall–Kier alpha value is -6.75. The van der Waals surface area contributed by atoms with E-state index in [4.69, 9.17) is 47.4 Å². The molecule has 6 aromatic rings. The Labute approximate surface area is 425 Å². The number of hydrogen-bond donors (Lipinski definition) is 0. The van der Waals surface area contributed by atoms with Gasteiger partial charge in [-0.2, -0.15) is 0 Å². The first-order valence-corrected chi connectivity index (χ1v) is 24.8. The summed E-state index contributed by atoms with van der Waals surface area (Å²) in [7, 11) is 0. The molecule has 0 aromatic heterocycles. The topological polar surface area (TPSA) is 147 Å². The summed E-state index contributed by atoms with van der Waals surface area (Å²) in [6.45, 7) is 4.69. The first-order valence-electron chi connectivity index (χ1n) is 24.8. The Morgan fingerprint density at radius 1 is 0.562 bits per heavy atom. The molecule has 3 aliphatic rings. The number of amides is 1. The summed E-state index contributed by atoms with van der Waals surface area (Å²) in [5, 5.41) is 0. The molecule has 1 amide bonds. The van der Waals surface area contributed by atoms with E-state index in [0.29, 0.717) is 11.1 Å². The van der Waals surface area contributed by atoms with Gasteiger partial charge >= 0.3 is 18.0 Å². The lowest BCUT2D eigenvalue weighted by atomic mass is 9.88. The molecule has 11 unspecified atom stereocenters. The molecule has 0 aliphatic carbocycles. The molecule has 380 valence electrons. The highest BCUT2D eigenvalue weighted by Gasteiger charge is 2.54. The maximum atomic E-state index is 14.0. The largest absolute Gasteiger partial charge is 0.453 e. The third-order valence-electron chi connectivity index (χ3n) is 13.2. The Morgan fingerprint density at radius 2 is 1.08 bits per heavy atom. The van der Waals surface area contributed by atoms with Crippen molar-refractivity contribution in [3.05, 3.63) is 215 Å². The molecule has 3 fully saturated rings. The van der Waals surface area contributed by atoms with Crippen LogP contribution in [0.15, 0.2) is 182 Å². The molecule has 9 rings (SSSR count). The van der Waals surface area contributed by atoms with Gasteiger partial charge in [0.25, 0.3) is 0 Å². The smallest absolute Gasteiger partial charge is 0.410 e. The van der Waals surface area contributed by atoms with Crippen molar-refractivity contribution in [3.63, 3.8) is 0 Å². The van der Waals surface area contributed by atoms with Gasteiger partial charge in [0.05, 0.1) is 49.8 Å². The Kier molecular flexibility index (Phi) is 17.7. The predicted molar refractivity (Wildman–Crippen MR) is 267 cm³/mol. The summed E-state index contributed by atoms with van der Waals surface area (Å²) in [6.07, 6.45) is -8.50. The second-order valence-corrected chi connectivity index (χ2v) is 18.4. The lowest BCUT2D eigenvalue weighted by Gasteiger charge is -2.50. The third kappa shape index (κ3) is 13.5. The number of rotatable bonds is 19. The van der Waals surface area contributed by atoms with Crippen molar-refractivity contribution >= 4 is 18.0 Å². The van der Waals surface area contributed by atoms with Crippen molar-refractivity contribution in [1.82, 2.24) is 4.90 Å². The van der Waals surface area contributed by atoms with E-state index in [0.717, 1.165) is 22.3 Å². The second kappa shape index (κ2) is 25.3. The van der Waals surface area contributed by atoms with Gasteiger partial charge in [-0.1, -0.05) is 172 Å². The van der Waals surface area contributed by atoms with Gasteiger partial charge in [-0.05, 0) is 41.0 Å². The molecule has 73 heavy (non-hydrogen) atoms. The molecule has 6 aromatic carbocycles. The number of ether oxygens (including phenoxy) is 10. The zero-order chi connectivity index (χ0) is 50.4. The first kappa shape index (κ1) is 51.2. The number of carbonyl (C=O) groups is 3. The molecule has 11 atom stereocenters. The van der Waals surface area contributed by atoms with Crippen LogP contribution in [0.2, 0.25) is 0 Å². The highest BCUT2D eigenvalue weighted by atomic mass is 16.8. The fourth-order valence-corrected chi connectivity index (χ4v) is 9.29. The van der Waals surface area contributed by atoms with E-state index in [1.165, 1.54) is 0 Å². The van der Waals surface area contributed by atoms with Crippen molar-refractivity contribution in [2.24, 2.45) is 11.8 Å². The number of fused-ring (bicyclic) bond motifs is 1. The van der Waals surface area contributed by atoms with Gasteiger partial charge in [-0.25, -0.2) is 14.4 Å². The summed E-state index contributed by atoms with van der Waals surface area (Å²) in [4.78, 5) is 43.3. The number of esters is 2. The van der Waals surface area contributed by atoms with Crippen molar-refractivity contribution < 1.29 is 61.8 Å². The maximum absolute atomic E-state index is 14.0. The molecule has 3 heterocycles. The summed E-state index contributed by atoms with van der Waals surface area (Å²) >= 11 is 0. The third-order valence-corrected chi connectivity index (χ3v) is 13.2. The van der Waals surface area contributed by atoms with Gasteiger partial charge < -0.3 is 52.3 Å². The average Bonchev–Trinajstić information content (AvgIpc) is 3.44. The summed E-state index contributed by atoms with van der Waals surface area (Å²) in [5.74, 6) is -2.28. The number of nitrogens with zero attached hydrogens (tertiary/aromatic N) is 1. The van der Waals surface area contributed by atoms with Crippen molar-refractivity contribution in [1.29, 1.82) is 0 Å². The summed E-state index contributed by atoms with van der Waals surface area (Å²) < 4.78 is 65.0. The van der Waals surface area contributed by atoms with Gasteiger partial charge in [0.15, 0.2) is 31.1 Å². The van der Waals surface area contributed by atoms with Crippen LogP contribution in [0.3, 0.4) is 0 Å². The summed E-state index contributed by atoms with van der Waals surface area (Å²) in [5.41, 5.74) is 4.21. The molecule has 0 N–H and O–H groups in total. The van der Waals surface area contributed by atoms with E-state index in [1.54, 1.807) is 53.4 Å². The van der Waals surface area contributed by atoms with E-state index in [2.05, 4.69) is 0 Å². The molecule has 0 spiro atoms. The standard InChI is InChI=1S/C59H61NO13/c1-40-50(73-58-53(71-55(62)46-29-17-7-18-30-46)41(2)51-49(69-58)39-66-56(72-51)47-31-19-8-20-32-47)48(38-64-36-43-23-11-4-12-24-43)68-57(52(40)70-54(61)45-27-15-6-16-28-45)65-34-33-60(35-42-21-9-3-10-22-42)59(63)67-37-44-25-13-5-14-26-44/h3-32,40-41,48-53,56-58H,33-39H2,1-2H3. The van der Waals surface area contributed by atoms with Gasteiger partial charge in [-0.3, -0.25) is 0 Å². The van der Waals surface area contributed by atoms with Gasteiger partial charge in [0, 0.05) is 30.5 Å². The van der Waals surface area contributed by atoms with E-state index >= 15 is 0 Å². The van der Waals surface area contributed by atoms with Crippen LogP contribution in [0.4, 0.5) is 4.79 Å². The van der Waals surface area contributed by atoms with Gasteiger partial charge in [0.1, 0.15) is 18.8 Å². The zero-order valence-electron chi connectivity index (χ0n) is 40.9. The van der Waals surface area contributed by atoms with E-state index in [9.17, 15) is 14.4 Å². The number of carbonyl (C=O) groups excluding carboxylic acids is 3. The van der Waals surface area contributed by atoms with Crippen LogP contribution in [0.25, 0.3) is 0 Å². The SMILES string of the molecule is CC1C2OC(c3ccccc3)OCC2OC(OC2C(COCc3ccccc3)OC(OCCN(Cc3ccccc3)C(=O)OCc3ccccc3)C(OC(=O)c3ccccc3)C2C)C1OC(=O)c1ccccc1. The van der Waals surface area contributed by atoms with E-state index < -0.39 is 85.4 Å². The molecule has 14 nitrogen and oxygen atoms in total. The molecule has 14 heteroatoms. The minimum absolute atomic E-state index is 0.0167. The highest BCUT2D eigenvalue weighted by Crippen LogP contribution is 2.41. The van der Waals surface area contributed by atoms with Crippen LogP contribution in [0.5, 0.6) is 0 Å². The minimum atomic E-state index is -1.17. The normalized spacial score (nSPS) is 25.6. The minimum Gasteiger partial charge on any atom is -0.453 e. The molecular weight excluding hydrogens is 931 g/mol. The Balaban J connectivity index is 0.994. The van der Waals surface area contributed by atoms with Gasteiger partial charge in [0.2, 0.25) is 0 Å². The lowest BCUT2D eigenvalue weighted by Crippen LogP contribution is -2.63. The molecule has 3 aliphatic heterocycles. The van der Waals surface area contributed by atoms with Crippen molar-refractivity contribution in [2.45, 2.75) is 89.1 Å². The predicted octanol–water partition coefficient (Wildman–Crippen LogP) is 9.73. The van der Waals surface area contributed by atoms with Crippen LogP contribution in [0, 0.1) is 11.8 Å². The molecule has 3 saturated heterocycles.